The molecule has 0 unspecified atom stereocenters. The Morgan fingerprint density at radius 2 is 1.85 bits per heavy atom. The van der Waals surface area contributed by atoms with Crippen molar-refractivity contribution in [1.29, 1.82) is 0 Å². The number of amides is 1. The van der Waals surface area contributed by atoms with E-state index in [9.17, 15) is 14.0 Å². The van der Waals surface area contributed by atoms with Gasteiger partial charge in [-0.2, -0.15) is 9.78 Å². The van der Waals surface area contributed by atoms with Gasteiger partial charge in [-0.05, 0) is 42.0 Å². The standard InChI is InChI=1S/C19H15ClFN3O3/c1-27-16-10-17(25)24(15-8-6-14(21)7-9-15)23-18(16)19(26)22-11-12-2-4-13(20)5-3-12/h2-10H,11H2,1H3,(H,22,26). The van der Waals surface area contributed by atoms with Gasteiger partial charge in [0, 0.05) is 11.6 Å². The van der Waals surface area contributed by atoms with Crippen LogP contribution in [0.15, 0.2) is 59.4 Å². The molecular formula is C19H15ClFN3O3. The molecule has 27 heavy (non-hydrogen) atoms. The molecule has 0 atom stereocenters. The van der Waals surface area contributed by atoms with E-state index in [1.165, 1.54) is 31.4 Å². The summed E-state index contributed by atoms with van der Waals surface area (Å²) in [4.78, 5) is 24.8. The molecule has 138 valence electrons. The van der Waals surface area contributed by atoms with E-state index in [4.69, 9.17) is 16.3 Å². The van der Waals surface area contributed by atoms with E-state index < -0.39 is 17.3 Å². The van der Waals surface area contributed by atoms with Crippen LogP contribution in [0.25, 0.3) is 5.69 Å². The minimum Gasteiger partial charge on any atom is -0.494 e. The van der Waals surface area contributed by atoms with Crippen LogP contribution in [-0.2, 0) is 6.54 Å². The molecule has 1 heterocycles. The second kappa shape index (κ2) is 8.01. The minimum absolute atomic E-state index is 0.0481. The maximum Gasteiger partial charge on any atom is 0.275 e. The van der Waals surface area contributed by atoms with Gasteiger partial charge in [0.25, 0.3) is 11.5 Å². The van der Waals surface area contributed by atoms with Crippen molar-refractivity contribution in [2.45, 2.75) is 6.54 Å². The highest BCUT2D eigenvalue weighted by atomic mass is 35.5. The van der Waals surface area contributed by atoms with Gasteiger partial charge in [-0.15, -0.1) is 0 Å². The molecule has 0 bridgehead atoms. The number of hydrogen-bond acceptors (Lipinski definition) is 4. The van der Waals surface area contributed by atoms with Gasteiger partial charge in [0.15, 0.2) is 11.4 Å². The topological polar surface area (TPSA) is 73.2 Å². The molecule has 2 aromatic carbocycles. The number of nitrogens with zero attached hydrogens (tertiary/aromatic N) is 2. The zero-order valence-electron chi connectivity index (χ0n) is 14.3. The molecule has 0 aliphatic carbocycles. The van der Waals surface area contributed by atoms with E-state index in [1.54, 1.807) is 24.3 Å². The Hall–Kier alpha value is -3.19. The highest BCUT2D eigenvalue weighted by molar-refractivity contribution is 6.30. The summed E-state index contributed by atoms with van der Waals surface area (Å²) in [6.07, 6.45) is 0. The molecule has 3 rings (SSSR count). The second-order valence-electron chi connectivity index (χ2n) is 5.60. The lowest BCUT2D eigenvalue weighted by Crippen LogP contribution is -2.29. The quantitative estimate of drug-likeness (QED) is 0.730. The lowest BCUT2D eigenvalue weighted by atomic mass is 10.2. The minimum atomic E-state index is -0.516. The van der Waals surface area contributed by atoms with Crippen LogP contribution in [0.1, 0.15) is 16.1 Å². The predicted molar refractivity (Wildman–Crippen MR) is 99.0 cm³/mol. The van der Waals surface area contributed by atoms with Crippen molar-refractivity contribution in [3.63, 3.8) is 0 Å². The van der Waals surface area contributed by atoms with Crippen molar-refractivity contribution in [2.24, 2.45) is 0 Å². The molecule has 0 radical (unpaired) electrons. The maximum absolute atomic E-state index is 13.1. The highest BCUT2D eigenvalue weighted by Gasteiger charge is 2.18. The molecular weight excluding hydrogens is 373 g/mol. The van der Waals surface area contributed by atoms with Gasteiger partial charge in [0.05, 0.1) is 18.9 Å². The first-order valence-corrected chi connectivity index (χ1v) is 8.32. The fraction of sp³-hybridized carbons (Fsp3) is 0.105. The second-order valence-corrected chi connectivity index (χ2v) is 6.03. The molecule has 0 aliphatic rings. The van der Waals surface area contributed by atoms with Crippen LogP contribution in [0.5, 0.6) is 5.75 Å². The Bertz CT molecular complexity index is 1020. The molecule has 0 aliphatic heterocycles. The van der Waals surface area contributed by atoms with Crippen LogP contribution in [-0.4, -0.2) is 22.8 Å². The summed E-state index contributed by atoms with van der Waals surface area (Å²) in [5.74, 6) is -0.911. The first-order valence-electron chi connectivity index (χ1n) is 7.95. The number of halogens is 2. The summed E-state index contributed by atoms with van der Waals surface area (Å²) in [5, 5.41) is 7.41. The van der Waals surface area contributed by atoms with Crippen LogP contribution in [0.2, 0.25) is 5.02 Å². The maximum atomic E-state index is 13.1. The average molecular weight is 388 g/mol. The Balaban J connectivity index is 1.89. The Morgan fingerprint density at radius 3 is 2.48 bits per heavy atom. The zero-order chi connectivity index (χ0) is 19.4. The normalized spacial score (nSPS) is 10.5. The van der Waals surface area contributed by atoms with Crippen molar-refractivity contribution < 1.29 is 13.9 Å². The first-order chi connectivity index (χ1) is 13.0. The lowest BCUT2D eigenvalue weighted by Gasteiger charge is -2.11. The molecule has 8 heteroatoms. The van der Waals surface area contributed by atoms with E-state index in [-0.39, 0.29) is 18.0 Å². The number of ether oxygens (including phenoxy) is 1. The fourth-order valence-corrected chi connectivity index (χ4v) is 2.51. The Labute approximate surface area is 159 Å². The monoisotopic (exact) mass is 387 g/mol. The lowest BCUT2D eigenvalue weighted by molar-refractivity contribution is 0.0940. The number of aromatic nitrogens is 2. The molecule has 1 aromatic heterocycles. The number of benzene rings is 2. The third kappa shape index (κ3) is 4.32. The van der Waals surface area contributed by atoms with Crippen molar-refractivity contribution in [3.8, 4) is 11.4 Å². The van der Waals surface area contributed by atoms with Crippen LogP contribution in [0.4, 0.5) is 4.39 Å². The van der Waals surface area contributed by atoms with Crippen molar-refractivity contribution in [1.82, 2.24) is 15.1 Å². The Morgan fingerprint density at radius 1 is 1.19 bits per heavy atom. The van der Waals surface area contributed by atoms with E-state index in [0.717, 1.165) is 16.3 Å². The molecule has 0 fully saturated rings. The van der Waals surface area contributed by atoms with Gasteiger partial charge < -0.3 is 10.1 Å². The largest absolute Gasteiger partial charge is 0.494 e. The van der Waals surface area contributed by atoms with E-state index in [2.05, 4.69) is 10.4 Å². The van der Waals surface area contributed by atoms with E-state index >= 15 is 0 Å². The number of methoxy groups -OCH3 is 1. The number of nitrogens with one attached hydrogen (secondary N) is 1. The smallest absolute Gasteiger partial charge is 0.275 e. The van der Waals surface area contributed by atoms with Gasteiger partial charge in [-0.1, -0.05) is 23.7 Å². The van der Waals surface area contributed by atoms with Crippen molar-refractivity contribution >= 4 is 17.5 Å². The van der Waals surface area contributed by atoms with Crippen LogP contribution >= 0.6 is 11.6 Å². The van der Waals surface area contributed by atoms with Gasteiger partial charge in [-0.25, -0.2) is 4.39 Å². The highest BCUT2D eigenvalue weighted by Crippen LogP contribution is 2.15. The fourth-order valence-electron chi connectivity index (χ4n) is 2.39. The summed E-state index contributed by atoms with van der Waals surface area (Å²) in [7, 11) is 1.34. The molecule has 0 saturated heterocycles. The number of carbonyl (C=O) groups excluding carboxylic acids is 1. The molecule has 1 amide bonds. The molecule has 3 aromatic rings. The molecule has 0 saturated carbocycles. The molecule has 6 nitrogen and oxygen atoms in total. The van der Waals surface area contributed by atoms with Gasteiger partial charge in [0.2, 0.25) is 0 Å². The number of carbonyl (C=O) groups is 1. The SMILES string of the molecule is COc1cc(=O)n(-c2ccc(F)cc2)nc1C(=O)NCc1ccc(Cl)cc1. The summed E-state index contributed by atoms with van der Waals surface area (Å²) >= 11 is 5.84. The van der Waals surface area contributed by atoms with Gasteiger partial charge in [-0.3, -0.25) is 9.59 Å². The van der Waals surface area contributed by atoms with Crippen LogP contribution in [0.3, 0.4) is 0 Å². The molecule has 1 N–H and O–H groups in total. The summed E-state index contributed by atoms with van der Waals surface area (Å²) in [6.45, 7) is 0.247. The van der Waals surface area contributed by atoms with Crippen LogP contribution in [0, 0.1) is 5.82 Å². The summed E-state index contributed by atoms with van der Waals surface area (Å²) < 4.78 is 19.2. The van der Waals surface area contributed by atoms with Crippen molar-refractivity contribution in [2.75, 3.05) is 7.11 Å². The van der Waals surface area contributed by atoms with Crippen LogP contribution < -0.4 is 15.6 Å². The predicted octanol–water partition coefficient (Wildman–Crippen LogP) is 2.96. The number of rotatable bonds is 5. The van der Waals surface area contributed by atoms with Gasteiger partial charge in [0.1, 0.15) is 5.82 Å². The Kier molecular flexibility index (Phi) is 5.52. The number of hydrogen-bond donors (Lipinski definition) is 1. The van der Waals surface area contributed by atoms with Gasteiger partial charge >= 0.3 is 0 Å². The third-order valence-electron chi connectivity index (χ3n) is 3.77. The summed E-state index contributed by atoms with van der Waals surface area (Å²) in [5.41, 5.74) is 0.609. The third-order valence-corrected chi connectivity index (χ3v) is 4.02. The van der Waals surface area contributed by atoms with E-state index in [1.807, 2.05) is 0 Å². The first kappa shape index (κ1) is 18.6. The van der Waals surface area contributed by atoms with Crippen molar-refractivity contribution in [3.05, 3.63) is 87.0 Å². The average Bonchev–Trinajstić information content (AvgIpc) is 2.68. The zero-order valence-corrected chi connectivity index (χ0v) is 15.0. The summed E-state index contributed by atoms with van der Waals surface area (Å²) in [6, 6.07) is 13.4. The molecule has 0 spiro atoms. The van der Waals surface area contributed by atoms with E-state index in [0.29, 0.717) is 10.7 Å².